The Labute approximate surface area is 149 Å². The summed E-state index contributed by atoms with van der Waals surface area (Å²) in [4.78, 5) is 21.4. The minimum atomic E-state index is -1.29. The topological polar surface area (TPSA) is 123 Å². The molecule has 24 heavy (non-hydrogen) atoms. The fourth-order valence-electron chi connectivity index (χ4n) is 2.17. The van der Waals surface area contributed by atoms with E-state index in [4.69, 9.17) is 34.6 Å². The molecule has 1 aromatic rings. The molecule has 0 saturated carbocycles. The molecule has 8 nitrogen and oxygen atoms in total. The summed E-state index contributed by atoms with van der Waals surface area (Å²) in [7, 11) is 0. The van der Waals surface area contributed by atoms with Gasteiger partial charge < -0.3 is 20.8 Å². The molecule has 0 heterocycles. The molecule has 0 fully saturated rings. The second-order valence-corrected chi connectivity index (χ2v) is 5.42. The van der Waals surface area contributed by atoms with E-state index >= 15 is 0 Å². The summed E-state index contributed by atoms with van der Waals surface area (Å²) in [6.45, 7) is 3.95. The first-order chi connectivity index (χ1) is 11.3. The molecule has 0 spiro atoms. The molecule has 0 bridgehead atoms. The minimum absolute atomic E-state index is 0.0920. The van der Waals surface area contributed by atoms with Crippen molar-refractivity contribution in [2.75, 3.05) is 10.6 Å². The normalized spacial score (nSPS) is 9.75. The number of benzene rings is 1. The molecule has 0 aromatic heterocycles. The van der Waals surface area contributed by atoms with E-state index in [-0.39, 0.29) is 10.2 Å². The molecule has 0 aliphatic carbocycles. The number of carbonyl (C=O) groups is 2. The van der Waals surface area contributed by atoms with Crippen LogP contribution in [0.15, 0.2) is 12.1 Å². The van der Waals surface area contributed by atoms with Crippen molar-refractivity contribution in [1.82, 2.24) is 10.6 Å². The molecule has 1 aromatic carbocycles. The molecule has 6 N–H and O–H groups in total. The van der Waals surface area contributed by atoms with E-state index in [2.05, 4.69) is 16.0 Å². The van der Waals surface area contributed by atoms with E-state index in [0.717, 1.165) is 17.5 Å². The van der Waals surface area contributed by atoms with Gasteiger partial charge in [-0.05, 0) is 54.5 Å². The predicted octanol–water partition coefficient (Wildman–Crippen LogP) is 2.74. The minimum Gasteiger partial charge on any atom is -0.465 e. The van der Waals surface area contributed by atoms with Crippen LogP contribution in [-0.4, -0.2) is 32.6 Å². The second kappa shape index (κ2) is 8.99. The third-order valence-corrected chi connectivity index (χ3v) is 3.48. The fraction of sp³-hybridized carbons (Fsp3) is 0.286. The Balaban J connectivity index is 3.21. The number of thiocarbonyl (C=S) groups is 2. The summed E-state index contributed by atoms with van der Waals surface area (Å²) in [6.07, 6.45) is -1.13. The monoisotopic (exact) mass is 370 g/mol. The first-order valence-corrected chi connectivity index (χ1v) is 7.86. The van der Waals surface area contributed by atoms with E-state index in [1.807, 2.05) is 25.2 Å². The van der Waals surface area contributed by atoms with Crippen LogP contribution in [0.1, 0.15) is 25.0 Å². The van der Waals surface area contributed by atoms with Crippen LogP contribution in [0.25, 0.3) is 0 Å². The lowest BCUT2D eigenvalue weighted by molar-refractivity contribution is 0.199. The molecule has 0 aliphatic heterocycles. The molecule has 0 radical (unpaired) electrons. The highest BCUT2D eigenvalue weighted by molar-refractivity contribution is 7.80. The predicted molar refractivity (Wildman–Crippen MR) is 100.0 cm³/mol. The number of amides is 2. The van der Waals surface area contributed by atoms with Gasteiger partial charge in [0, 0.05) is 0 Å². The summed E-state index contributed by atoms with van der Waals surface area (Å²) in [5, 5.41) is 27.0. The molecule has 0 saturated heterocycles. The maximum Gasteiger partial charge on any atom is 0.410 e. The average molecular weight is 370 g/mol. The Morgan fingerprint density at radius 1 is 0.958 bits per heavy atom. The van der Waals surface area contributed by atoms with Gasteiger partial charge in [-0.15, -0.1) is 0 Å². The average Bonchev–Trinajstić information content (AvgIpc) is 2.46. The number of carboxylic acid groups (broad SMARTS) is 2. The molecule has 130 valence electrons. The number of rotatable bonds is 4. The molecule has 10 heteroatoms. The SMILES string of the molecule is CCc1ccc(NC(=S)NC(=O)O)c(NC(=S)NC(=O)O)c1CC. The van der Waals surface area contributed by atoms with Gasteiger partial charge in [0.05, 0.1) is 11.4 Å². The maximum atomic E-state index is 10.7. The van der Waals surface area contributed by atoms with Crippen molar-refractivity contribution >= 4 is 58.2 Å². The molecule has 0 unspecified atom stereocenters. The van der Waals surface area contributed by atoms with Gasteiger partial charge in [-0.1, -0.05) is 19.9 Å². The van der Waals surface area contributed by atoms with E-state index in [9.17, 15) is 9.59 Å². The number of hydrogen-bond donors (Lipinski definition) is 6. The Morgan fingerprint density at radius 2 is 1.50 bits per heavy atom. The zero-order valence-electron chi connectivity index (χ0n) is 13.1. The van der Waals surface area contributed by atoms with Gasteiger partial charge in [-0.3, -0.25) is 10.6 Å². The summed E-state index contributed by atoms with van der Waals surface area (Å²) >= 11 is 9.89. The van der Waals surface area contributed by atoms with Crippen LogP contribution in [0, 0.1) is 0 Å². The summed E-state index contributed by atoms with van der Waals surface area (Å²) in [5.41, 5.74) is 3.01. The summed E-state index contributed by atoms with van der Waals surface area (Å²) < 4.78 is 0. The Kier molecular flexibility index (Phi) is 7.33. The van der Waals surface area contributed by atoms with E-state index in [0.29, 0.717) is 17.8 Å². The first kappa shape index (κ1) is 19.6. The van der Waals surface area contributed by atoms with Crippen LogP contribution >= 0.6 is 24.4 Å². The van der Waals surface area contributed by atoms with Crippen molar-refractivity contribution in [2.45, 2.75) is 26.7 Å². The first-order valence-electron chi connectivity index (χ1n) is 7.05. The largest absolute Gasteiger partial charge is 0.465 e. The van der Waals surface area contributed by atoms with Crippen molar-refractivity contribution in [3.8, 4) is 0 Å². The van der Waals surface area contributed by atoms with E-state index in [1.54, 1.807) is 6.07 Å². The van der Waals surface area contributed by atoms with Crippen LogP contribution in [0.3, 0.4) is 0 Å². The van der Waals surface area contributed by atoms with Crippen molar-refractivity contribution in [2.24, 2.45) is 0 Å². The van der Waals surface area contributed by atoms with Crippen LogP contribution in [0.4, 0.5) is 21.0 Å². The van der Waals surface area contributed by atoms with Gasteiger partial charge in [-0.25, -0.2) is 9.59 Å². The van der Waals surface area contributed by atoms with Crippen molar-refractivity contribution in [1.29, 1.82) is 0 Å². The van der Waals surface area contributed by atoms with E-state index < -0.39 is 12.2 Å². The second-order valence-electron chi connectivity index (χ2n) is 4.60. The maximum absolute atomic E-state index is 10.7. The Bertz CT molecular complexity index is 679. The third kappa shape index (κ3) is 5.63. The number of anilines is 2. The summed E-state index contributed by atoms with van der Waals surface area (Å²) in [6, 6.07) is 3.61. The third-order valence-electron chi connectivity index (χ3n) is 3.07. The van der Waals surface area contributed by atoms with Crippen molar-refractivity contribution in [3.63, 3.8) is 0 Å². The molecule has 0 aliphatic rings. The van der Waals surface area contributed by atoms with Gasteiger partial charge in [-0.2, -0.15) is 0 Å². The van der Waals surface area contributed by atoms with Crippen molar-refractivity contribution in [3.05, 3.63) is 23.3 Å². The van der Waals surface area contributed by atoms with Gasteiger partial charge in [0.15, 0.2) is 10.2 Å². The van der Waals surface area contributed by atoms with Crippen LogP contribution in [-0.2, 0) is 12.8 Å². The highest BCUT2D eigenvalue weighted by atomic mass is 32.1. The lowest BCUT2D eigenvalue weighted by Crippen LogP contribution is -2.35. The van der Waals surface area contributed by atoms with Crippen LogP contribution in [0.5, 0.6) is 0 Å². The quantitative estimate of drug-likeness (QED) is 0.447. The van der Waals surface area contributed by atoms with Gasteiger partial charge in [0.1, 0.15) is 0 Å². The van der Waals surface area contributed by atoms with Gasteiger partial charge in [0.2, 0.25) is 0 Å². The van der Waals surface area contributed by atoms with Gasteiger partial charge >= 0.3 is 12.2 Å². The zero-order valence-corrected chi connectivity index (χ0v) is 14.7. The Morgan fingerprint density at radius 3 is 1.96 bits per heavy atom. The number of hydrogen-bond acceptors (Lipinski definition) is 4. The molecule has 0 atom stereocenters. The molecular formula is C14H18N4O4S2. The fourth-order valence-corrected chi connectivity index (χ4v) is 2.55. The standard InChI is InChI=1S/C14H18N4O4S2/c1-3-7-5-6-9(15-11(23)17-13(19)20)10(8(7)4-2)16-12(24)18-14(21)22/h5-6H,3-4H2,1-2H3,(H,19,20)(H,21,22)(H2,15,17,23)(H2,16,18,24). The highest BCUT2D eigenvalue weighted by Crippen LogP contribution is 2.30. The summed E-state index contributed by atoms with van der Waals surface area (Å²) in [5.74, 6) is 0. The highest BCUT2D eigenvalue weighted by Gasteiger charge is 2.15. The molecule has 1 rings (SSSR count). The lowest BCUT2D eigenvalue weighted by atomic mass is 9.99. The Hall–Kier alpha value is -2.46. The van der Waals surface area contributed by atoms with E-state index in [1.165, 1.54) is 0 Å². The van der Waals surface area contributed by atoms with Gasteiger partial charge in [0.25, 0.3) is 0 Å². The zero-order chi connectivity index (χ0) is 18.3. The molecular weight excluding hydrogens is 352 g/mol. The number of nitrogens with one attached hydrogen (secondary N) is 4. The lowest BCUT2D eigenvalue weighted by Gasteiger charge is -2.20. The smallest absolute Gasteiger partial charge is 0.410 e. The molecule has 2 amide bonds. The number of aryl methyl sites for hydroxylation is 1. The van der Waals surface area contributed by atoms with Crippen LogP contribution < -0.4 is 21.3 Å². The van der Waals surface area contributed by atoms with Crippen LogP contribution in [0.2, 0.25) is 0 Å². The van der Waals surface area contributed by atoms with Crippen molar-refractivity contribution < 1.29 is 19.8 Å².